The number of hydrogen-bond donors (Lipinski definition) is 1. The third kappa shape index (κ3) is 5.49. The zero-order chi connectivity index (χ0) is 22.5. The van der Waals surface area contributed by atoms with E-state index >= 15 is 0 Å². The summed E-state index contributed by atoms with van der Waals surface area (Å²) in [4.78, 5) is 4.83. The Hall–Kier alpha value is -2.60. The predicted octanol–water partition coefficient (Wildman–Crippen LogP) is 4.10. The summed E-state index contributed by atoms with van der Waals surface area (Å²) in [7, 11) is 0. The van der Waals surface area contributed by atoms with E-state index in [-0.39, 0.29) is 6.10 Å². The molecule has 0 unspecified atom stereocenters. The molecule has 5 nitrogen and oxygen atoms in total. The Morgan fingerprint density at radius 2 is 1.64 bits per heavy atom. The average Bonchev–Trinajstić information content (AvgIpc) is 2.87. The largest absolute Gasteiger partial charge is 0.492 e. The Balaban J connectivity index is 1.30. The van der Waals surface area contributed by atoms with E-state index in [1.807, 2.05) is 0 Å². The van der Waals surface area contributed by atoms with Crippen molar-refractivity contribution in [3.05, 3.63) is 71.8 Å². The van der Waals surface area contributed by atoms with E-state index in [4.69, 9.17) is 9.47 Å². The fourth-order valence-corrected chi connectivity index (χ4v) is 4.94. The van der Waals surface area contributed by atoms with Gasteiger partial charge >= 0.3 is 0 Å². The van der Waals surface area contributed by atoms with Crippen molar-refractivity contribution in [1.29, 1.82) is 0 Å². The van der Waals surface area contributed by atoms with Gasteiger partial charge in [-0.2, -0.15) is 0 Å². The van der Waals surface area contributed by atoms with Gasteiger partial charge in [0.1, 0.15) is 12.4 Å². The van der Waals surface area contributed by atoms with Crippen molar-refractivity contribution < 1.29 is 14.6 Å². The number of ether oxygens (including phenoxy) is 2. The molecule has 0 spiro atoms. The quantitative estimate of drug-likeness (QED) is 0.592. The standard InChI is InChI=1S/C28H34N2O3/c31-24-11-13-30(14-12-24)28-10-7-23-3-1-2-4-26(23)27(28)21-22-5-8-25(9-6-22)33-20-17-29-15-18-32-19-16-29/h1-10,24,31H,11-21H2. The van der Waals surface area contributed by atoms with Gasteiger partial charge in [0.25, 0.3) is 0 Å². The van der Waals surface area contributed by atoms with Gasteiger partial charge in [0, 0.05) is 44.8 Å². The van der Waals surface area contributed by atoms with Gasteiger partial charge in [-0.05, 0) is 52.9 Å². The molecule has 2 aliphatic rings. The third-order valence-electron chi connectivity index (χ3n) is 6.91. The van der Waals surface area contributed by atoms with E-state index in [1.54, 1.807) is 0 Å². The molecule has 0 bridgehead atoms. The molecule has 0 amide bonds. The summed E-state index contributed by atoms with van der Waals surface area (Å²) in [5.74, 6) is 0.926. The van der Waals surface area contributed by atoms with Gasteiger partial charge in [-0.3, -0.25) is 4.90 Å². The summed E-state index contributed by atoms with van der Waals surface area (Å²) < 4.78 is 11.4. The first kappa shape index (κ1) is 22.2. The Morgan fingerprint density at radius 3 is 2.42 bits per heavy atom. The van der Waals surface area contributed by atoms with Gasteiger partial charge in [0.2, 0.25) is 0 Å². The van der Waals surface area contributed by atoms with Crippen molar-refractivity contribution in [2.24, 2.45) is 0 Å². The van der Waals surface area contributed by atoms with Crippen LogP contribution in [0.4, 0.5) is 5.69 Å². The Labute approximate surface area is 196 Å². The van der Waals surface area contributed by atoms with Crippen molar-refractivity contribution >= 4 is 16.5 Å². The van der Waals surface area contributed by atoms with E-state index in [1.165, 1.54) is 27.6 Å². The molecule has 0 aliphatic carbocycles. The fraction of sp³-hybridized carbons (Fsp3) is 0.429. The lowest BCUT2D eigenvalue weighted by atomic mass is 9.95. The van der Waals surface area contributed by atoms with E-state index in [9.17, 15) is 5.11 Å². The topological polar surface area (TPSA) is 45.2 Å². The monoisotopic (exact) mass is 446 g/mol. The number of aliphatic hydroxyl groups is 1. The first-order chi connectivity index (χ1) is 16.3. The van der Waals surface area contributed by atoms with Gasteiger partial charge in [0.15, 0.2) is 0 Å². The maximum atomic E-state index is 9.96. The highest BCUT2D eigenvalue weighted by atomic mass is 16.5. The van der Waals surface area contributed by atoms with Crippen LogP contribution in [0.15, 0.2) is 60.7 Å². The fourth-order valence-electron chi connectivity index (χ4n) is 4.94. The SMILES string of the molecule is OC1CCN(c2ccc3ccccc3c2Cc2ccc(OCCN3CCOCC3)cc2)CC1. The summed E-state index contributed by atoms with van der Waals surface area (Å²) in [6.45, 7) is 7.08. The Morgan fingerprint density at radius 1 is 0.879 bits per heavy atom. The third-order valence-corrected chi connectivity index (χ3v) is 6.91. The average molecular weight is 447 g/mol. The van der Waals surface area contributed by atoms with Gasteiger partial charge < -0.3 is 19.5 Å². The molecule has 2 saturated heterocycles. The number of hydrogen-bond acceptors (Lipinski definition) is 5. The highest BCUT2D eigenvalue weighted by Crippen LogP contribution is 2.33. The molecular formula is C28H34N2O3. The Bertz CT molecular complexity index is 1040. The van der Waals surface area contributed by atoms with Crippen LogP contribution in [-0.2, 0) is 11.2 Å². The second-order valence-corrected chi connectivity index (χ2v) is 9.13. The predicted molar refractivity (Wildman–Crippen MR) is 133 cm³/mol. The summed E-state index contributed by atoms with van der Waals surface area (Å²) in [5, 5.41) is 12.6. The Kier molecular flexibility index (Phi) is 7.10. The van der Waals surface area contributed by atoms with Gasteiger partial charge in [-0.15, -0.1) is 0 Å². The van der Waals surface area contributed by atoms with Crippen LogP contribution >= 0.6 is 0 Å². The summed E-state index contributed by atoms with van der Waals surface area (Å²) in [6, 6.07) is 21.7. The molecule has 2 fully saturated rings. The van der Waals surface area contributed by atoms with E-state index in [0.717, 1.165) is 70.9 Å². The second-order valence-electron chi connectivity index (χ2n) is 9.13. The maximum Gasteiger partial charge on any atom is 0.119 e. The van der Waals surface area contributed by atoms with Crippen LogP contribution in [-0.4, -0.2) is 68.7 Å². The van der Waals surface area contributed by atoms with E-state index < -0.39 is 0 Å². The number of aliphatic hydroxyl groups excluding tert-OH is 1. The summed E-state index contributed by atoms with van der Waals surface area (Å²) in [6.07, 6.45) is 2.39. The molecule has 3 aromatic carbocycles. The lowest BCUT2D eigenvalue weighted by Gasteiger charge is -2.33. The molecule has 3 aromatic rings. The molecule has 2 aliphatic heterocycles. The number of rotatable bonds is 7. The van der Waals surface area contributed by atoms with Gasteiger partial charge in [-0.1, -0.05) is 42.5 Å². The molecule has 33 heavy (non-hydrogen) atoms. The van der Waals surface area contributed by atoms with Crippen molar-refractivity contribution in [2.75, 3.05) is 57.4 Å². The van der Waals surface area contributed by atoms with Crippen molar-refractivity contribution in [2.45, 2.75) is 25.4 Å². The van der Waals surface area contributed by atoms with Crippen LogP contribution in [0, 0.1) is 0 Å². The summed E-state index contributed by atoms with van der Waals surface area (Å²) >= 11 is 0. The van der Waals surface area contributed by atoms with Crippen LogP contribution in [0.3, 0.4) is 0 Å². The number of anilines is 1. The van der Waals surface area contributed by atoms with Crippen LogP contribution < -0.4 is 9.64 Å². The molecule has 1 N–H and O–H groups in total. The number of nitrogens with zero attached hydrogens (tertiary/aromatic N) is 2. The number of piperidine rings is 1. The minimum atomic E-state index is -0.166. The number of benzene rings is 3. The van der Waals surface area contributed by atoms with Gasteiger partial charge in [0.05, 0.1) is 19.3 Å². The van der Waals surface area contributed by atoms with Crippen molar-refractivity contribution in [3.8, 4) is 5.75 Å². The molecule has 2 heterocycles. The zero-order valence-electron chi connectivity index (χ0n) is 19.3. The minimum Gasteiger partial charge on any atom is -0.492 e. The molecule has 0 atom stereocenters. The first-order valence-electron chi connectivity index (χ1n) is 12.2. The van der Waals surface area contributed by atoms with Crippen LogP contribution in [0.5, 0.6) is 5.75 Å². The van der Waals surface area contributed by atoms with Crippen LogP contribution in [0.25, 0.3) is 10.8 Å². The second kappa shape index (κ2) is 10.6. The highest BCUT2D eigenvalue weighted by Gasteiger charge is 2.20. The number of morpholine rings is 1. The smallest absolute Gasteiger partial charge is 0.119 e. The molecule has 0 saturated carbocycles. The molecule has 5 rings (SSSR count). The van der Waals surface area contributed by atoms with Gasteiger partial charge in [-0.25, -0.2) is 0 Å². The molecule has 174 valence electrons. The number of fused-ring (bicyclic) bond motifs is 1. The van der Waals surface area contributed by atoms with E-state index in [0.29, 0.717) is 6.61 Å². The molecule has 0 aromatic heterocycles. The van der Waals surface area contributed by atoms with Crippen LogP contribution in [0.2, 0.25) is 0 Å². The van der Waals surface area contributed by atoms with E-state index in [2.05, 4.69) is 70.5 Å². The lowest BCUT2D eigenvalue weighted by Crippen LogP contribution is -2.38. The lowest BCUT2D eigenvalue weighted by molar-refractivity contribution is 0.0322. The minimum absolute atomic E-state index is 0.166. The van der Waals surface area contributed by atoms with Crippen molar-refractivity contribution in [1.82, 2.24) is 4.90 Å². The molecule has 5 heteroatoms. The zero-order valence-corrected chi connectivity index (χ0v) is 19.3. The summed E-state index contributed by atoms with van der Waals surface area (Å²) in [5.41, 5.74) is 3.95. The maximum absolute atomic E-state index is 9.96. The highest BCUT2D eigenvalue weighted by molar-refractivity contribution is 5.90. The van der Waals surface area contributed by atoms with Crippen molar-refractivity contribution in [3.63, 3.8) is 0 Å². The normalized spacial score (nSPS) is 18.0. The molecule has 0 radical (unpaired) electrons. The van der Waals surface area contributed by atoms with Crippen LogP contribution in [0.1, 0.15) is 24.0 Å². The molecular weight excluding hydrogens is 412 g/mol. The first-order valence-corrected chi connectivity index (χ1v) is 12.2.